The highest BCUT2D eigenvalue weighted by atomic mass is 35.5. The van der Waals surface area contributed by atoms with Crippen LogP contribution in [0.5, 0.6) is 0 Å². The fraction of sp³-hybridized carbons (Fsp3) is 0.667. The minimum Gasteiger partial charge on any atom is -0.396 e. The molecule has 1 unspecified atom stereocenters. The first-order valence-electron chi connectivity index (χ1n) is 8.40. The van der Waals surface area contributed by atoms with Crippen LogP contribution >= 0.6 is 11.6 Å². The lowest BCUT2D eigenvalue weighted by Gasteiger charge is -2.42. The van der Waals surface area contributed by atoms with Gasteiger partial charge in [-0.15, -0.1) is 0 Å². The molecule has 0 spiro atoms. The topological polar surface area (TPSA) is 41.5 Å². The van der Waals surface area contributed by atoms with Crippen molar-refractivity contribution in [1.82, 2.24) is 5.32 Å². The molecule has 1 aliphatic heterocycles. The van der Waals surface area contributed by atoms with E-state index in [9.17, 15) is 5.11 Å². The molecule has 0 bridgehead atoms. The van der Waals surface area contributed by atoms with E-state index >= 15 is 0 Å². The average Bonchev–Trinajstić information content (AvgIpc) is 2.51. The zero-order valence-electron chi connectivity index (χ0n) is 13.1. The second-order valence-corrected chi connectivity index (χ2v) is 7.40. The first-order valence-corrected chi connectivity index (χ1v) is 8.78. The maximum Gasteiger partial charge on any atom is 0.0579 e. The highest BCUT2D eigenvalue weighted by Crippen LogP contribution is 2.36. The Morgan fingerprint density at radius 3 is 2.64 bits per heavy atom. The minimum absolute atomic E-state index is 0.0918. The van der Waals surface area contributed by atoms with Gasteiger partial charge >= 0.3 is 0 Å². The van der Waals surface area contributed by atoms with Gasteiger partial charge in [-0.05, 0) is 36.5 Å². The van der Waals surface area contributed by atoms with Gasteiger partial charge < -0.3 is 15.2 Å². The Kier molecular flexibility index (Phi) is 5.40. The molecule has 1 aliphatic carbocycles. The maximum absolute atomic E-state index is 9.63. The van der Waals surface area contributed by atoms with E-state index < -0.39 is 0 Å². The zero-order chi connectivity index (χ0) is 15.4. The molecule has 0 radical (unpaired) electrons. The Morgan fingerprint density at radius 2 is 2.05 bits per heavy atom. The summed E-state index contributed by atoms with van der Waals surface area (Å²) in [6.45, 7) is 2.30. The van der Waals surface area contributed by atoms with Crippen LogP contribution in [0.3, 0.4) is 0 Å². The standard InChI is InChI=1S/C18H26ClNO2/c19-16-8-4-7-15(9-16)17(14-5-2-1-3-6-14)20-10-18(11-21)12-22-13-18/h4,7-9,14,17,20-21H,1-3,5-6,10-13H2. The summed E-state index contributed by atoms with van der Waals surface area (Å²) in [4.78, 5) is 0. The molecule has 1 heterocycles. The number of aliphatic hydroxyl groups is 1. The molecule has 2 N–H and O–H groups in total. The van der Waals surface area contributed by atoms with Crippen LogP contribution in [-0.4, -0.2) is 31.5 Å². The van der Waals surface area contributed by atoms with Crippen molar-refractivity contribution in [1.29, 1.82) is 0 Å². The SMILES string of the molecule is OCC1(CNC(c2cccc(Cl)c2)C2CCCCC2)COC1. The van der Waals surface area contributed by atoms with Gasteiger partial charge in [0.15, 0.2) is 0 Å². The number of rotatable bonds is 6. The number of nitrogens with one attached hydrogen (secondary N) is 1. The van der Waals surface area contributed by atoms with Crippen molar-refractivity contribution in [2.45, 2.75) is 38.1 Å². The van der Waals surface area contributed by atoms with Gasteiger partial charge in [-0.25, -0.2) is 0 Å². The van der Waals surface area contributed by atoms with Crippen molar-refractivity contribution in [3.63, 3.8) is 0 Å². The summed E-state index contributed by atoms with van der Waals surface area (Å²) in [5.41, 5.74) is 1.18. The first kappa shape index (κ1) is 16.3. The smallest absolute Gasteiger partial charge is 0.0579 e. The van der Waals surface area contributed by atoms with Crippen molar-refractivity contribution in [2.75, 3.05) is 26.4 Å². The third-order valence-corrected chi connectivity index (χ3v) is 5.41. The summed E-state index contributed by atoms with van der Waals surface area (Å²) in [7, 11) is 0. The molecule has 4 heteroatoms. The number of halogens is 1. The van der Waals surface area contributed by atoms with Gasteiger partial charge in [-0.3, -0.25) is 0 Å². The van der Waals surface area contributed by atoms with Gasteiger partial charge in [-0.1, -0.05) is 43.0 Å². The number of hydrogen-bond donors (Lipinski definition) is 2. The van der Waals surface area contributed by atoms with E-state index in [0.29, 0.717) is 25.2 Å². The Morgan fingerprint density at radius 1 is 1.27 bits per heavy atom. The van der Waals surface area contributed by atoms with Crippen molar-refractivity contribution in [3.8, 4) is 0 Å². The van der Waals surface area contributed by atoms with E-state index in [4.69, 9.17) is 16.3 Å². The molecule has 1 atom stereocenters. The monoisotopic (exact) mass is 323 g/mol. The number of hydrogen-bond acceptors (Lipinski definition) is 3. The van der Waals surface area contributed by atoms with Crippen LogP contribution in [0.15, 0.2) is 24.3 Å². The van der Waals surface area contributed by atoms with Gasteiger partial charge in [0, 0.05) is 17.6 Å². The second-order valence-electron chi connectivity index (χ2n) is 6.96. The van der Waals surface area contributed by atoms with E-state index in [1.54, 1.807) is 0 Å². The summed E-state index contributed by atoms with van der Waals surface area (Å²) in [5, 5.41) is 14.2. The second kappa shape index (κ2) is 7.31. The fourth-order valence-corrected chi connectivity index (χ4v) is 3.89. The molecule has 22 heavy (non-hydrogen) atoms. The molecule has 122 valence electrons. The highest BCUT2D eigenvalue weighted by molar-refractivity contribution is 6.30. The lowest BCUT2D eigenvalue weighted by atomic mass is 9.80. The minimum atomic E-state index is -0.0918. The quantitative estimate of drug-likeness (QED) is 0.841. The lowest BCUT2D eigenvalue weighted by Crippen LogP contribution is -2.53. The zero-order valence-corrected chi connectivity index (χ0v) is 13.8. The Labute approximate surface area is 138 Å². The maximum atomic E-state index is 9.63. The molecule has 1 saturated carbocycles. The normalized spacial score (nSPS) is 23.0. The van der Waals surface area contributed by atoms with E-state index in [1.165, 1.54) is 37.7 Å². The van der Waals surface area contributed by atoms with Gasteiger partial charge in [0.1, 0.15) is 0 Å². The molecule has 1 aromatic carbocycles. The van der Waals surface area contributed by atoms with Crippen LogP contribution in [0.4, 0.5) is 0 Å². The Balaban J connectivity index is 1.73. The molecular formula is C18H26ClNO2. The van der Waals surface area contributed by atoms with Gasteiger partial charge in [0.05, 0.1) is 25.2 Å². The average molecular weight is 324 g/mol. The molecule has 2 aliphatic rings. The van der Waals surface area contributed by atoms with Crippen LogP contribution < -0.4 is 5.32 Å². The lowest BCUT2D eigenvalue weighted by molar-refractivity contribution is -0.135. The molecule has 3 nitrogen and oxygen atoms in total. The third-order valence-electron chi connectivity index (χ3n) is 5.18. The summed E-state index contributed by atoms with van der Waals surface area (Å²) >= 11 is 6.20. The summed E-state index contributed by atoms with van der Waals surface area (Å²) in [6, 6.07) is 8.53. The Bertz CT molecular complexity index is 478. The van der Waals surface area contributed by atoms with Gasteiger partial charge in [0.25, 0.3) is 0 Å². The van der Waals surface area contributed by atoms with E-state index in [1.807, 2.05) is 12.1 Å². The number of ether oxygens (including phenoxy) is 1. The summed E-state index contributed by atoms with van der Waals surface area (Å²) in [6.07, 6.45) is 6.53. The predicted molar refractivity (Wildman–Crippen MR) is 89.1 cm³/mol. The number of benzene rings is 1. The van der Waals surface area contributed by atoms with Crippen molar-refractivity contribution in [3.05, 3.63) is 34.9 Å². The summed E-state index contributed by atoms with van der Waals surface area (Å²) in [5.74, 6) is 0.656. The molecule has 1 aromatic rings. The highest BCUT2D eigenvalue weighted by Gasteiger charge is 2.39. The van der Waals surface area contributed by atoms with E-state index in [2.05, 4.69) is 17.4 Å². The first-order chi connectivity index (χ1) is 10.7. The van der Waals surface area contributed by atoms with E-state index in [0.717, 1.165) is 11.6 Å². The van der Waals surface area contributed by atoms with E-state index in [-0.39, 0.29) is 12.0 Å². The van der Waals surface area contributed by atoms with Crippen LogP contribution in [0, 0.1) is 11.3 Å². The van der Waals surface area contributed by atoms with Crippen LogP contribution in [0.1, 0.15) is 43.7 Å². The number of aliphatic hydroxyl groups excluding tert-OH is 1. The Hall–Kier alpha value is -0.610. The van der Waals surface area contributed by atoms with Crippen molar-refractivity contribution < 1.29 is 9.84 Å². The molecule has 0 amide bonds. The van der Waals surface area contributed by atoms with Gasteiger partial charge in [0.2, 0.25) is 0 Å². The molecule has 2 fully saturated rings. The van der Waals surface area contributed by atoms with Crippen LogP contribution in [0.2, 0.25) is 5.02 Å². The molecule has 3 rings (SSSR count). The van der Waals surface area contributed by atoms with Gasteiger partial charge in [-0.2, -0.15) is 0 Å². The molecule has 1 saturated heterocycles. The largest absolute Gasteiger partial charge is 0.396 e. The fourth-order valence-electron chi connectivity index (χ4n) is 3.69. The van der Waals surface area contributed by atoms with Crippen molar-refractivity contribution >= 4 is 11.6 Å². The summed E-state index contributed by atoms with van der Waals surface area (Å²) < 4.78 is 5.31. The van der Waals surface area contributed by atoms with Crippen LogP contribution in [-0.2, 0) is 4.74 Å². The molecular weight excluding hydrogens is 298 g/mol. The third kappa shape index (κ3) is 3.65. The molecule has 0 aromatic heterocycles. The predicted octanol–water partition coefficient (Wildman–Crippen LogP) is 3.56. The van der Waals surface area contributed by atoms with Crippen LogP contribution in [0.25, 0.3) is 0 Å². The van der Waals surface area contributed by atoms with Crippen molar-refractivity contribution in [2.24, 2.45) is 11.3 Å².